The Hall–Kier alpha value is -2.33. The second kappa shape index (κ2) is 6.41. The summed E-state index contributed by atoms with van der Waals surface area (Å²) in [6, 6.07) is 11.7. The molecule has 2 aromatic carbocycles. The molecule has 0 saturated carbocycles. The molecule has 0 amide bonds. The summed E-state index contributed by atoms with van der Waals surface area (Å²) in [5.41, 5.74) is 10.6. The van der Waals surface area contributed by atoms with Gasteiger partial charge < -0.3 is 15.6 Å². The maximum atomic E-state index is 11.0. The maximum absolute atomic E-state index is 11.0. The van der Waals surface area contributed by atoms with Gasteiger partial charge in [0.15, 0.2) is 0 Å². The molecule has 0 aliphatic carbocycles. The molecule has 0 aliphatic heterocycles. The Morgan fingerprint density at radius 1 is 1.24 bits per heavy atom. The van der Waals surface area contributed by atoms with Crippen molar-refractivity contribution in [2.24, 2.45) is 5.73 Å². The van der Waals surface area contributed by atoms with Crippen LogP contribution in [0, 0.1) is 6.92 Å². The van der Waals surface area contributed by atoms with Gasteiger partial charge in [-0.05, 0) is 47.4 Å². The summed E-state index contributed by atoms with van der Waals surface area (Å²) in [4.78, 5) is 11.0. The molecule has 4 heteroatoms. The maximum Gasteiger partial charge on any atom is 0.307 e. The average molecular weight is 285 g/mol. The number of hydrogen-bond acceptors (Lipinski definition) is 3. The van der Waals surface area contributed by atoms with Crippen molar-refractivity contribution in [3.63, 3.8) is 0 Å². The molecule has 0 fully saturated rings. The van der Waals surface area contributed by atoms with E-state index < -0.39 is 5.97 Å². The minimum absolute atomic E-state index is 0.0629. The molecule has 0 atom stereocenters. The van der Waals surface area contributed by atoms with E-state index in [4.69, 9.17) is 15.6 Å². The van der Waals surface area contributed by atoms with Crippen LogP contribution in [0.25, 0.3) is 11.1 Å². The Morgan fingerprint density at radius 2 is 2.00 bits per heavy atom. The predicted molar refractivity (Wildman–Crippen MR) is 82.4 cm³/mol. The van der Waals surface area contributed by atoms with E-state index >= 15 is 0 Å². The molecule has 0 radical (unpaired) electrons. The van der Waals surface area contributed by atoms with Crippen molar-refractivity contribution < 1.29 is 14.6 Å². The van der Waals surface area contributed by atoms with Crippen LogP contribution in [-0.4, -0.2) is 18.2 Å². The first-order valence-corrected chi connectivity index (χ1v) is 6.74. The number of carbonyl (C=O) groups is 1. The summed E-state index contributed by atoms with van der Waals surface area (Å²) in [7, 11) is 1.54. The molecule has 0 heterocycles. The lowest BCUT2D eigenvalue weighted by Crippen LogP contribution is -2.03. The monoisotopic (exact) mass is 285 g/mol. The standard InChI is InChI=1S/C17H19NO3/c1-11-3-4-12(10-18)7-15(11)13-5-6-16(21-2)14(8-13)9-17(19)20/h3-8H,9-10,18H2,1-2H3,(H,19,20). The number of carboxylic acid groups (broad SMARTS) is 1. The van der Waals surface area contributed by atoms with Crippen molar-refractivity contribution >= 4 is 5.97 Å². The van der Waals surface area contributed by atoms with Gasteiger partial charge in [-0.3, -0.25) is 4.79 Å². The van der Waals surface area contributed by atoms with Crippen LogP contribution in [0.2, 0.25) is 0 Å². The molecule has 0 saturated heterocycles. The number of carboxylic acids is 1. The molecule has 0 unspecified atom stereocenters. The number of benzene rings is 2. The number of rotatable bonds is 5. The van der Waals surface area contributed by atoms with Crippen LogP contribution < -0.4 is 10.5 Å². The molecule has 0 bridgehead atoms. The van der Waals surface area contributed by atoms with Crippen molar-refractivity contribution in [1.29, 1.82) is 0 Å². The molecule has 110 valence electrons. The third kappa shape index (κ3) is 3.41. The van der Waals surface area contributed by atoms with Crippen LogP contribution in [0.4, 0.5) is 0 Å². The van der Waals surface area contributed by atoms with Crippen molar-refractivity contribution in [1.82, 2.24) is 0 Å². The number of ether oxygens (including phenoxy) is 1. The second-order valence-corrected chi connectivity index (χ2v) is 4.95. The van der Waals surface area contributed by atoms with Gasteiger partial charge in [-0.2, -0.15) is 0 Å². The number of methoxy groups -OCH3 is 1. The zero-order valence-corrected chi connectivity index (χ0v) is 12.2. The average Bonchev–Trinajstić information content (AvgIpc) is 2.47. The van der Waals surface area contributed by atoms with Gasteiger partial charge in [0.2, 0.25) is 0 Å². The van der Waals surface area contributed by atoms with Crippen molar-refractivity contribution in [3.05, 3.63) is 53.1 Å². The van der Waals surface area contributed by atoms with E-state index in [2.05, 4.69) is 0 Å². The highest BCUT2D eigenvalue weighted by Gasteiger charge is 2.11. The number of aliphatic carboxylic acids is 1. The summed E-state index contributed by atoms with van der Waals surface area (Å²) in [5, 5.41) is 9.01. The topological polar surface area (TPSA) is 72.5 Å². The van der Waals surface area contributed by atoms with Crippen molar-refractivity contribution in [3.8, 4) is 16.9 Å². The lowest BCUT2D eigenvalue weighted by atomic mass is 9.95. The Morgan fingerprint density at radius 3 is 2.62 bits per heavy atom. The summed E-state index contributed by atoms with van der Waals surface area (Å²) in [6.45, 7) is 2.50. The molecule has 0 aromatic heterocycles. The third-order valence-electron chi connectivity index (χ3n) is 3.47. The van der Waals surface area contributed by atoms with Gasteiger partial charge >= 0.3 is 5.97 Å². The fourth-order valence-corrected chi connectivity index (χ4v) is 2.35. The molecular weight excluding hydrogens is 266 g/mol. The summed E-state index contributed by atoms with van der Waals surface area (Å²) < 4.78 is 5.23. The van der Waals surface area contributed by atoms with E-state index in [1.165, 1.54) is 0 Å². The number of aryl methyl sites for hydroxylation is 1. The van der Waals surface area contributed by atoms with Crippen molar-refractivity contribution in [2.75, 3.05) is 7.11 Å². The van der Waals surface area contributed by atoms with E-state index in [-0.39, 0.29) is 6.42 Å². The third-order valence-corrected chi connectivity index (χ3v) is 3.47. The van der Waals surface area contributed by atoms with E-state index in [0.29, 0.717) is 17.9 Å². The molecule has 21 heavy (non-hydrogen) atoms. The Balaban J connectivity index is 2.51. The first-order valence-electron chi connectivity index (χ1n) is 6.74. The highest BCUT2D eigenvalue weighted by Crippen LogP contribution is 2.29. The van der Waals surface area contributed by atoms with Gasteiger partial charge in [0, 0.05) is 12.1 Å². The summed E-state index contributed by atoms with van der Waals surface area (Å²) in [5.74, 6) is -0.285. The normalized spacial score (nSPS) is 10.4. The van der Waals surface area contributed by atoms with Crippen LogP contribution in [0.1, 0.15) is 16.7 Å². The summed E-state index contributed by atoms with van der Waals surface area (Å²) in [6.07, 6.45) is -0.0629. The molecule has 4 nitrogen and oxygen atoms in total. The molecule has 3 N–H and O–H groups in total. The lowest BCUT2D eigenvalue weighted by molar-refractivity contribution is -0.136. The highest BCUT2D eigenvalue weighted by molar-refractivity contribution is 5.75. The Kier molecular flexibility index (Phi) is 4.60. The zero-order valence-electron chi connectivity index (χ0n) is 12.2. The van der Waals surface area contributed by atoms with Gasteiger partial charge in [0.25, 0.3) is 0 Å². The van der Waals surface area contributed by atoms with Crippen LogP contribution >= 0.6 is 0 Å². The van der Waals surface area contributed by atoms with Gasteiger partial charge in [-0.15, -0.1) is 0 Å². The fraction of sp³-hybridized carbons (Fsp3) is 0.235. The SMILES string of the molecule is COc1ccc(-c2cc(CN)ccc2C)cc1CC(=O)O. The van der Waals surface area contributed by atoms with Crippen LogP contribution in [0.5, 0.6) is 5.75 Å². The number of hydrogen-bond donors (Lipinski definition) is 2. The van der Waals surface area contributed by atoms with E-state index in [0.717, 1.165) is 22.3 Å². The van der Waals surface area contributed by atoms with E-state index in [9.17, 15) is 4.79 Å². The second-order valence-electron chi connectivity index (χ2n) is 4.95. The molecule has 0 aliphatic rings. The minimum Gasteiger partial charge on any atom is -0.496 e. The minimum atomic E-state index is -0.877. The fourth-order valence-electron chi connectivity index (χ4n) is 2.35. The van der Waals surface area contributed by atoms with Crippen LogP contribution in [0.15, 0.2) is 36.4 Å². The molecular formula is C17H19NO3. The van der Waals surface area contributed by atoms with Gasteiger partial charge in [-0.1, -0.05) is 18.2 Å². The first kappa shape index (κ1) is 15.1. The van der Waals surface area contributed by atoms with Gasteiger partial charge in [0.1, 0.15) is 5.75 Å². The van der Waals surface area contributed by atoms with Crippen molar-refractivity contribution in [2.45, 2.75) is 19.9 Å². The van der Waals surface area contributed by atoms with Crippen LogP contribution in [0.3, 0.4) is 0 Å². The van der Waals surface area contributed by atoms with E-state index in [1.54, 1.807) is 7.11 Å². The highest BCUT2D eigenvalue weighted by atomic mass is 16.5. The zero-order chi connectivity index (χ0) is 15.4. The predicted octanol–water partition coefficient (Wildman–Crippen LogP) is 2.76. The lowest BCUT2D eigenvalue weighted by Gasteiger charge is -2.12. The van der Waals surface area contributed by atoms with Crippen LogP contribution in [-0.2, 0) is 17.8 Å². The molecule has 2 rings (SSSR count). The molecule has 2 aromatic rings. The Bertz CT molecular complexity index is 665. The first-order chi connectivity index (χ1) is 10.0. The van der Waals surface area contributed by atoms with Gasteiger partial charge in [-0.25, -0.2) is 0 Å². The smallest absolute Gasteiger partial charge is 0.307 e. The number of nitrogens with two attached hydrogens (primary N) is 1. The summed E-state index contributed by atoms with van der Waals surface area (Å²) >= 11 is 0. The molecule has 0 spiro atoms. The quantitative estimate of drug-likeness (QED) is 0.886. The Labute approximate surface area is 124 Å². The van der Waals surface area contributed by atoms with Gasteiger partial charge in [0.05, 0.1) is 13.5 Å². The largest absolute Gasteiger partial charge is 0.496 e. The van der Waals surface area contributed by atoms with E-state index in [1.807, 2.05) is 43.3 Å².